The van der Waals surface area contributed by atoms with Crippen LogP contribution in [-0.2, 0) is 11.0 Å². The number of halogens is 3. The molecule has 3 aromatic rings. The largest absolute Gasteiger partial charge is 0.416 e. The Hall–Kier alpha value is -3.42. The molecule has 1 heterocycles. The smallest absolute Gasteiger partial charge is 0.335 e. The minimum absolute atomic E-state index is 0.224. The zero-order valence-corrected chi connectivity index (χ0v) is 15.8. The van der Waals surface area contributed by atoms with E-state index in [4.69, 9.17) is 0 Å². The Kier molecular flexibility index (Phi) is 5.81. The molecule has 1 atom stereocenters. The van der Waals surface area contributed by atoms with Crippen LogP contribution in [0.1, 0.15) is 29.7 Å². The fourth-order valence-corrected chi connectivity index (χ4v) is 2.77. The van der Waals surface area contributed by atoms with Gasteiger partial charge in [-0.05, 0) is 48.4 Å². The summed E-state index contributed by atoms with van der Waals surface area (Å²) in [4.78, 5) is 17.9. The van der Waals surface area contributed by atoms with Crippen LogP contribution in [0.5, 0.6) is 0 Å². The maximum Gasteiger partial charge on any atom is 0.416 e. The zero-order chi connectivity index (χ0) is 21.0. The molecule has 0 spiro atoms. The molecule has 150 valence electrons. The number of carbonyl (C=O) groups excluding carboxylic acids is 1. The maximum atomic E-state index is 12.8. The van der Waals surface area contributed by atoms with Gasteiger partial charge in [-0.15, -0.1) is 0 Å². The molecular weight excluding hydrogens is 381 g/mol. The first-order valence-electron chi connectivity index (χ1n) is 8.83. The van der Waals surface area contributed by atoms with Gasteiger partial charge in [-0.3, -0.25) is 4.79 Å². The van der Waals surface area contributed by atoms with Gasteiger partial charge in [0, 0.05) is 13.1 Å². The number of nitrogens with zero attached hydrogens (tertiary/aromatic N) is 4. The molecule has 0 saturated carbocycles. The summed E-state index contributed by atoms with van der Waals surface area (Å²) in [6.07, 6.45) is 1.27. The number of amides is 1. The molecule has 0 bridgehead atoms. The van der Waals surface area contributed by atoms with Gasteiger partial charge in [-0.1, -0.05) is 24.3 Å². The van der Waals surface area contributed by atoms with Crippen molar-refractivity contribution in [2.75, 3.05) is 7.05 Å². The Balaban J connectivity index is 1.68. The van der Waals surface area contributed by atoms with E-state index in [0.29, 0.717) is 5.56 Å². The lowest BCUT2D eigenvalue weighted by Gasteiger charge is -2.24. The Bertz CT molecular complexity index is 996. The molecule has 0 aliphatic rings. The standard InChI is InChI=1S/C21H19F3N4O/c1-15(17-7-9-19(10-8-17)28-14-25-13-26-28)27(2)20(29)11-6-16-4-3-5-18(12-16)21(22,23)24/h3-15H,1-2H3/b11-6+/t15-/m1/s1. The van der Waals surface area contributed by atoms with Crippen LogP contribution in [0.2, 0.25) is 0 Å². The van der Waals surface area contributed by atoms with E-state index in [1.807, 2.05) is 31.2 Å². The van der Waals surface area contributed by atoms with Crippen LogP contribution in [-0.4, -0.2) is 32.6 Å². The zero-order valence-electron chi connectivity index (χ0n) is 15.8. The number of alkyl halides is 3. The van der Waals surface area contributed by atoms with Gasteiger partial charge >= 0.3 is 6.18 Å². The van der Waals surface area contributed by atoms with Crippen molar-refractivity contribution in [3.05, 3.63) is 84.0 Å². The molecule has 8 heteroatoms. The molecule has 1 amide bonds. The predicted octanol–water partition coefficient (Wildman–Crippen LogP) is 4.52. The van der Waals surface area contributed by atoms with Crippen LogP contribution in [0, 0.1) is 0 Å². The summed E-state index contributed by atoms with van der Waals surface area (Å²) in [5.74, 6) is -0.310. The first kappa shape index (κ1) is 20.3. The van der Waals surface area contributed by atoms with E-state index < -0.39 is 11.7 Å². The maximum absolute atomic E-state index is 12.8. The van der Waals surface area contributed by atoms with Crippen molar-refractivity contribution in [1.29, 1.82) is 0 Å². The van der Waals surface area contributed by atoms with Crippen molar-refractivity contribution in [3.63, 3.8) is 0 Å². The molecule has 0 aliphatic carbocycles. The summed E-state index contributed by atoms with van der Waals surface area (Å²) >= 11 is 0. The molecular formula is C21H19F3N4O. The molecule has 0 N–H and O–H groups in total. The van der Waals surface area contributed by atoms with Gasteiger partial charge in [0.05, 0.1) is 17.3 Å². The molecule has 0 saturated heterocycles. The summed E-state index contributed by atoms with van der Waals surface area (Å²) in [5, 5.41) is 4.06. The molecule has 5 nitrogen and oxygen atoms in total. The lowest BCUT2D eigenvalue weighted by Crippen LogP contribution is -2.28. The quantitative estimate of drug-likeness (QED) is 0.592. The van der Waals surface area contributed by atoms with Gasteiger partial charge in [0.1, 0.15) is 12.7 Å². The fraction of sp³-hybridized carbons (Fsp3) is 0.190. The summed E-state index contributed by atoms with van der Waals surface area (Å²) in [6.45, 7) is 1.88. The Morgan fingerprint density at radius 3 is 2.52 bits per heavy atom. The van der Waals surface area contributed by atoms with Crippen LogP contribution in [0.4, 0.5) is 13.2 Å². The van der Waals surface area contributed by atoms with Crippen LogP contribution in [0.3, 0.4) is 0 Å². The topological polar surface area (TPSA) is 51.0 Å². The van der Waals surface area contributed by atoms with Crippen LogP contribution >= 0.6 is 0 Å². The van der Waals surface area contributed by atoms with Crippen molar-refractivity contribution in [2.45, 2.75) is 19.1 Å². The molecule has 0 unspecified atom stereocenters. The normalized spacial score (nSPS) is 12.9. The molecule has 2 aromatic carbocycles. The SMILES string of the molecule is C[C@H](c1ccc(-n2cncn2)cc1)N(C)C(=O)/C=C/c1cccc(C(F)(F)F)c1. The molecule has 0 fully saturated rings. The van der Waals surface area contributed by atoms with Crippen molar-refractivity contribution >= 4 is 12.0 Å². The number of benzene rings is 2. The van der Waals surface area contributed by atoms with Crippen molar-refractivity contribution < 1.29 is 18.0 Å². The van der Waals surface area contributed by atoms with E-state index in [-0.39, 0.29) is 11.9 Å². The second kappa shape index (κ2) is 8.30. The average Bonchev–Trinajstić information content (AvgIpc) is 3.25. The number of aromatic nitrogens is 3. The highest BCUT2D eigenvalue weighted by Gasteiger charge is 2.30. The number of rotatable bonds is 5. The van der Waals surface area contributed by atoms with Crippen LogP contribution in [0.25, 0.3) is 11.8 Å². The average molecular weight is 400 g/mol. The minimum atomic E-state index is -4.42. The van der Waals surface area contributed by atoms with E-state index in [0.717, 1.165) is 23.4 Å². The Morgan fingerprint density at radius 2 is 1.90 bits per heavy atom. The Labute approximate surface area is 166 Å². The molecule has 0 radical (unpaired) electrons. The van der Waals surface area contributed by atoms with Crippen LogP contribution in [0.15, 0.2) is 67.3 Å². The molecule has 1 aromatic heterocycles. The minimum Gasteiger partial charge on any atom is -0.335 e. The van der Waals surface area contributed by atoms with Gasteiger partial charge in [0.2, 0.25) is 5.91 Å². The van der Waals surface area contributed by atoms with Crippen molar-refractivity contribution in [1.82, 2.24) is 19.7 Å². The van der Waals surface area contributed by atoms with E-state index >= 15 is 0 Å². The van der Waals surface area contributed by atoms with E-state index in [9.17, 15) is 18.0 Å². The highest BCUT2D eigenvalue weighted by Crippen LogP contribution is 2.29. The Morgan fingerprint density at radius 1 is 1.17 bits per heavy atom. The van der Waals surface area contributed by atoms with E-state index in [1.54, 1.807) is 18.1 Å². The third kappa shape index (κ3) is 4.90. The number of hydrogen-bond donors (Lipinski definition) is 0. The highest BCUT2D eigenvalue weighted by molar-refractivity contribution is 5.91. The first-order valence-corrected chi connectivity index (χ1v) is 8.83. The lowest BCUT2D eigenvalue weighted by atomic mass is 10.1. The van der Waals surface area contributed by atoms with Gasteiger partial charge in [-0.2, -0.15) is 18.3 Å². The fourth-order valence-electron chi connectivity index (χ4n) is 2.77. The lowest BCUT2D eigenvalue weighted by molar-refractivity contribution is -0.137. The van der Waals surface area contributed by atoms with Gasteiger partial charge < -0.3 is 4.90 Å². The number of carbonyl (C=O) groups is 1. The van der Waals surface area contributed by atoms with Gasteiger partial charge in [-0.25, -0.2) is 9.67 Å². The number of likely N-dealkylation sites (N-methyl/N-ethyl adjacent to an activating group) is 1. The monoisotopic (exact) mass is 400 g/mol. The van der Waals surface area contributed by atoms with Gasteiger partial charge in [0.15, 0.2) is 0 Å². The third-order valence-corrected chi connectivity index (χ3v) is 4.62. The molecule has 0 aliphatic heterocycles. The first-order chi connectivity index (χ1) is 13.8. The highest BCUT2D eigenvalue weighted by atomic mass is 19.4. The second-order valence-corrected chi connectivity index (χ2v) is 6.51. The van der Waals surface area contributed by atoms with Crippen molar-refractivity contribution in [2.24, 2.45) is 0 Å². The predicted molar refractivity (Wildman–Crippen MR) is 103 cm³/mol. The summed E-state index contributed by atoms with van der Waals surface area (Å²) < 4.78 is 40.0. The van der Waals surface area contributed by atoms with Crippen molar-refractivity contribution in [3.8, 4) is 5.69 Å². The third-order valence-electron chi connectivity index (χ3n) is 4.62. The van der Waals surface area contributed by atoms with Gasteiger partial charge in [0.25, 0.3) is 0 Å². The summed E-state index contributed by atoms with van der Waals surface area (Å²) in [5.41, 5.74) is 1.32. The summed E-state index contributed by atoms with van der Waals surface area (Å²) in [6, 6.07) is 12.1. The van der Waals surface area contributed by atoms with E-state index in [1.165, 1.54) is 35.5 Å². The number of hydrogen-bond acceptors (Lipinski definition) is 3. The molecule has 3 rings (SSSR count). The molecule has 29 heavy (non-hydrogen) atoms. The summed E-state index contributed by atoms with van der Waals surface area (Å²) in [7, 11) is 1.65. The second-order valence-electron chi connectivity index (χ2n) is 6.51. The van der Waals surface area contributed by atoms with Crippen LogP contribution < -0.4 is 0 Å². The van der Waals surface area contributed by atoms with E-state index in [2.05, 4.69) is 10.1 Å².